The van der Waals surface area contributed by atoms with Gasteiger partial charge in [-0.05, 0) is 18.4 Å². The minimum atomic E-state index is -0.336. The standard InChI is InChI=1S/C11H12N2O2S/c1-15-11(14)8-3-4-13-6-9(7-16-2)12-10(13)5-8/h3-6H,7H2,1-2H3. The Morgan fingerprint density at radius 2 is 2.44 bits per heavy atom. The van der Waals surface area contributed by atoms with Crippen LogP contribution >= 0.6 is 11.8 Å². The first-order chi connectivity index (χ1) is 7.74. The molecule has 0 fully saturated rings. The second kappa shape index (κ2) is 4.57. The summed E-state index contributed by atoms with van der Waals surface area (Å²) in [5.74, 6) is 0.534. The number of carbonyl (C=O) groups is 1. The molecule has 0 aliphatic heterocycles. The van der Waals surface area contributed by atoms with Crippen LogP contribution < -0.4 is 0 Å². The van der Waals surface area contributed by atoms with Gasteiger partial charge in [0.25, 0.3) is 0 Å². The molecule has 0 amide bonds. The third kappa shape index (κ3) is 2.04. The molecule has 0 aromatic carbocycles. The average molecular weight is 236 g/mol. The van der Waals surface area contributed by atoms with E-state index in [0.717, 1.165) is 17.1 Å². The van der Waals surface area contributed by atoms with Gasteiger partial charge in [-0.3, -0.25) is 0 Å². The number of pyridine rings is 1. The van der Waals surface area contributed by atoms with Crippen LogP contribution in [0.25, 0.3) is 5.65 Å². The number of hydrogen-bond acceptors (Lipinski definition) is 4. The molecule has 2 rings (SSSR count). The van der Waals surface area contributed by atoms with Gasteiger partial charge in [0.05, 0.1) is 18.4 Å². The fraction of sp³-hybridized carbons (Fsp3) is 0.273. The van der Waals surface area contributed by atoms with E-state index in [1.54, 1.807) is 23.9 Å². The van der Waals surface area contributed by atoms with Crippen molar-refractivity contribution in [1.29, 1.82) is 0 Å². The van der Waals surface area contributed by atoms with Crippen LogP contribution in [0.3, 0.4) is 0 Å². The molecule has 4 nitrogen and oxygen atoms in total. The lowest BCUT2D eigenvalue weighted by Crippen LogP contribution is -2.01. The predicted octanol–water partition coefficient (Wildman–Crippen LogP) is 1.98. The second-order valence-corrected chi connectivity index (χ2v) is 4.20. The van der Waals surface area contributed by atoms with Crippen LogP contribution in [0.5, 0.6) is 0 Å². The van der Waals surface area contributed by atoms with E-state index in [0.29, 0.717) is 5.56 Å². The number of esters is 1. The van der Waals surface area contributed by atoms with Crippen molar-refractivity contribution in [2.75, 3.05) is 13.4 Å². The number of thioether (sulfide) groups is 1. The van der Waals surface area contributed by atoms with Crippen molar-refractivity contribution in [1.82, 2.24) is 9.38 Å². The Morgan fingerprint density at radius 3 is 3.12 bits per heavy atom. The molecule has 0 unspecified atom stereocenters. The minimum absolute atomic E-state index is 0.336. The lowest BCUT2D eigenvalue weighted by molar-refractivity contribution is 0.0600. The summed E-state index contributed by atoms with van der Waals surface area (Å²) in [5.41, 5.74) is 2.30. The largest absolute Gasteiger partial charge is 0.465 e. The summed E-state index contributed by atoms with van der Waals surface area (Å²) in [7, 11) is 1.37. The zero-order valence-corrected chi connectivity index (χ0v) is 9.95. The number of rotatable bonds is 3. The fourth-order valence-electron chi connectivity index (χ4n) is 1.50. The molecule has 0 saturated carbocycles. The number of fused-ring (bicyclic) bond motifs is 1. The third-order valence-electron chi connectivity index (χ3n) is 2.22. The first-order valence-corrected chi connectivity index (χ1v) is 6.19. The van der Waals surface area contributed by atoms with Crippen molar-refractivity contribution >= 4 is 23.4 Å². The highest BCUT2D eigenvalue weighted by Gasteiger charge is 2.07. The molecule has 2 aromatic rings. The maximum atomic E-state index is 11.3. The molecule has 5 heteroatoms. The van der Waals surface area contributed by atoms with E-state index in [2.05, 4.69) is 9.72 Å². The molecule has 0 spiro atoms. The van der Waals surface area contributed by atoms with Gasteiger partial charge in [-0.2, -0.15) is 11.8 Å². The molecule has 16 heavy (non-hydrogen) atoms. The molecular weight excluding hydrogens is 224 g/mol. The molecule has 0 aliphatic carbocycles. The maximum absolute atomic E-state index is 11.3. The SMILES string of the molecule is COC(=O)c1ccn2cc(CSC)nc2c1. The third-order valence-corrected chi connectivity index (χ3v) is 2.81. The van der Waals surface area contributed by atoms with E-state index >= 15 is 0 Å². The Labute approximate surface area is 97.6 Å². The first kappa shape index (κ1) is 11.0. The summed E-state index contributed by atoms with van der Waals surface area (Å²) in [6.45, 7) is 0. The Balaban J connectivity index is 2.41. The van der Waals surface area contributed by atoms with Gasteiger partial charge < -0.3 is 9.14 Å². The number of imidazole rings is 1. The van der Waals surface area contributed by atoms with Crippen molar-refractivity contribution in [3.05, 3.63) is 35.8 Å². The summed E-state index contributed by atoms with van der Waals surface area (Å²) in [6, 6.07) is 3.46. The molecule has 84 valence electrons. The smallest absolute Gasteiger partial charge is 0.338 e. The lowest BCUT2D eigenvalue weighted by atomic mass is 10.3. The van der Waals surface area contributed by atoms with Crippen LogP contribution in [-0.2, 0) is 10.5 Å². The predicted molar refractivity (Wildman–Crippen MR) is 63.8 cm³/mol. The molecule has 2 aromatic heterocycles. The molecule has 0 N–H and O–H groups in total. The zero-order valence-electron chi connectivity index (χ0n) is 9.14. The van der Waals surface area contributed by atoms with Gasteiger partial charge in [-0.15, -0.1) is 0 Å². The van der Waals surface area contributed by atoms with E-state index in [-0.39, 0.29) is 5.97 Å². The van der Waals surface area contributed by atoms with E-state index in [4.69, 9.17) is 0 Å². The minimum Gasteiger partial charge on any atom is -0.465 e. The van der Waals surface area contributed by atoms with Crippen LogP contribution in [0.15, 0.2) is 24.5 Å². The maximum Gasteiger partial charge on any atom is 0.338 e. The summed E-state index contributed by atoms with van der Waals surface area (Å²) >= 11 is 1.72. The van der Waals surface area contributed by atoms with Crippen molar-refractivity contribution in [3.8, 4) is 0 Å². The van der Waals surface area contributed by atoms with Gasteiger partial charge in [0.1, 0.15) is 5.65 Å². The fourth-order valence-corrected chi connectivity index (χ4v) is 1.93. The van der Waals surface area contributed by atoms with Gasteiger partial charge in [0.15, 0.2) is 0 Å². The lowest BCUT2D eigenvalue weighted by Gasteiger charge is -1.98. The summed E-state index contributed by atoms with van der Waals surface area (Å²) < 4.78 is 6.56. The average Bonchev–Trinajstić information content (AvgIpc) is 2.69. The number of ether oxygens (including phenoxy) is 1. The number of carbonyl (C=O) groups excluding carboxylic acids is 1. The molecule has 0 atom stereocenters. The summed E-state index contributed by atoms with van der Waals surface area (Å²) in [6.07, 6.45) is 5.81. The normalized spacial score (nSPS) is 10.6. The van der Waals surface area contributed by atoms with Gasteiger partial charge in [0.2, 0.25) is 0 Å². The molecule has 0 bridgehead atoms. The van der Waals surface area contributed by atoms with Gasteiger partial charge in [-0.1, -0.05) is 0 Å². The first-order valence-electron chi connectivity index (χ1n) is 4.79. The summed E-state index contributed by atoms with van der Waals surface area (Å²) in [5, 5.41) is 0. The number of nitrogens with zero attached hydrogens (tertiary/aromatic N) is 2. The van der Waals surface area contributed by atoms with Crippen LogP contribution in [0.1, 0.15) is 16.1 Å². The van der Waals surface area contributed by atoms with Crippen LogP contribution in [-0.4, -0.2) is 28.7 Å². The molecule has 0 saturated heterocycles. The van der Waals surface area contributed by atoms with E-state index in [1.165, 1.54) is 7.11 Å². The molecule has 0 radical (unpaired) electrons. The van der Waals surface area contributed by atoms with E-state index in [1.807, 2.05) is 23.1 Å². The quantitative estimate of drug-likeness (QED) is 0.764. The Kier molecular flexibility index (Phi) is 3.14. The highest BCUT2D eigenvalue weighted by Crippen LogP contribution is 2.12. The van der Waals surface area contributed by atoms with Crippen molar-refractivity contribution in [3.63, 3.8) is 0 Å². The molecular formula is C11H12N2O2S. The van der Waals surface area contributed by atoms with E-state index < -0.39 is 0 Å². The number of methoxy groups -OCH3 is 1. The number of aromatic nitrogens is 2. The zero-order chi connectivity index (χ0) is 11.5. The second-order valence-electron chi connectivity index (χ2n) is 3.34. The summed E-state index contributed by atoms with van der Waals surface area (Å²) in [4.78, 5) is 15.7. The molecule has 2 heterocycles. The van der Waals surface area contributed by atoms with E-state index in [9.17, 15) is 4.79 Å². The van der Waals surface area contributed by atoms with Gasteiger partial charge in [-0.25, -0.2) is 9.78 Å². The van der Waals surface area contributed by atoms with Crippen molar-refractivity contribution in [2.45, 2.75) is 5.75 Å². The topological polar surface area (TPSA) is 43.6 Å². The van der Waals surface area contributed by atoms with Crippen molar-refractivity contribution < 1.29 is 9.53 Å². The van der Waals surface area contributed by atoms with Crippen LogP contribution in [0.2, 0.25) is 0 Å². The van der Waals surface area contributed by atoms with Gasteiger partial charge in [0, 0.05) is 18.1 Å². The highest BCUT2D eigenvalue weighted by molar-refractivity contribution is 7.97. The number of hydrogen-bond donors (Lipinski definition) is 0. The van der Waals surface area contributed by atoms with Crippen LogP contribution in [0, 0.1) is 0 Å². The Morgan fingerprint density at radius 1 is 1.62 bits per heavy atom. The monoisotopic (exact) mass is 236 g/mol. The highest BCUT2D eigenvalue weighted by atomic mass is 32.2. The Bertz CT molecular complexity index is 522. The molecule has 0 aliphatic rings. The van der Waals surface area contributed by atoms with Gasteiger partial charge >= 0.3 is 5.97 Å². The Hall–Kier alpha value is -1.49. The van der Waals surface area contributed by atoms with Crippen LogP contribution in [0.4, 0.5) is 0 Å². The van der Waals surface area contributed by atoms with Crippen molar-refractivity contribution in [2.24, 2.45) is 0 Å².